The molecule has 2 aromatic rings. The van der Waals surface area contributed by atoms with Gasteiger partial charge in [0.2, 0.25) is 0 Å². The van der Waals surface area contributed by atoms with Gasteiger partial charge in [-0.15, -0.1) is 0 Å². The van der Waals surface area contributed by atoms with Gasteiger partial charge in [0.1, 0.15) is 0 Å². The topological polar surface area (TPSA) is 49.3 Å². The lowest BCUT2D eigenvalue weighted by Gasteiger charge is -2.11. The number of carboxylic acid groups (broad SMARTS) is 1. The molecule has 0 bridgehead atoms. The predicted molar refractivity (Wildman–Crippen MR) is 76.9 cm³/mol. The van der Waals surface area contributed by atoms with Crippen LogP contribution in [0.4, 0.5) is 5.69 Å². The summed E-state index contributed by atoms with van der Waals surface area (Å²) in [6.07, 6.45) is 0. The van der Waals surface area contributed by atoms with Crippen LogP contribution in [0.3, 0.4) is 0 Å². The first-order valence-electron chi connectivity index (χ1n) is 5.89. The summed E-state index contributed by atoms with van der Waals surface area (Å²) in [5.41, 5.74) is 2.98. The fourth-order valence-corrected chi connectivity index (χ4v) is 1.98. The van der Waals surface area contributed by atoms with Gasteiger partial charge in [-0.25, -0.2) is 4.79 Å². The van der Waals surface area contributed by atoms with Crippen molar-refractivity contribution in [3.05, 3.63) is 64.2 Å². The molecule has 2 N–H and O–H groups in total. The second kappa shape index (κ2) is 5.76. The molecule has 0 atom stereocenters. The summed E-state index contributed by atoms with van der Waals surface area (Å²) in [7, 11) is 0. The van der Waals surface area contributed by atoms with E-state index in [2.05, 4.69) is 5.32 Å². The normalized spacial score (nSPS) is 10.2. The van der Waals surface area contributed by atoms with Gasteiger partial charge in [-0.1, -0.05) is 29.8 Å². The Labute approximate surface area is 116 Å². The van der Waals surface area contributed by atoms with Crippen molar-refractivity contribution in [1.29, 1.82) is 0 Å². The number of hydrogen-bond acceptors (Lipinski definition) is 2. The van der Waals surface area contributed by atoms with Crippen LogP contribution in [0.25, 0.3) is 0 Å². The second-order valence-electron chi connectivity index (χ2n) is 4.26. The zero-order chi connectivity index (χ0) is 13.8. The van der Waals surface area contributed by atoms with E-state index in [9.17, 15) is 4.79 Å². The van der Waals surface area contributed by atoms with Crippen LogP contribution in [0.15, 0.2) is 42.5 Å². The lowest BCUT2D eigenvalue weighted by Crippen LogP contribution is -2.05. The van der Waals surface area contributed by atoms with E-state index < -0.39 is 5.97 Å². The van der Waals surface area contributed by atoms with Crippen LogP contribution in [-0.4, -0.2) is 11.1 Å². The SMILES string of the molecule is Cc1c(NCc2ccc(Cl)cc2)cccc1C(=O)O. The van der Waals surface area contributed by atoms with Crippen molar-refractivity contribution < 1.29 is 9.90 Å². The highest BCUT2D eigenvalue weighted by Crippen LogP contribution is 2.20. The number of carboxylic acids is 1. The summed E-state index contributed by atoms with van der Waals surface area (Å²) in [4.78, 5) is 11.0. The van der Waals surface area contributed by atoms with Crippen molar-refractivity contribution >= 4 is 23.3 Å². The van der Waals surface area contributed by atoms with Gasteiger partial charge in [-0.3, -0.25) is 0 Å². The molecule has 0 heterocycles. The van der Waals surface area contributed by atoms with Gasteiger partial charge in [-0.05, 0) is 42.3 Å². The first-order chi connectivity index (χ1) is 9.08. The molecule has 2 aromatic carbocycles. The molecule has 4 heteroatoms. The van der Waals surface area contributed by atoms with Crippen molar-refractivity contribution in [3.8, 4) is 0 Å². The highest BCUT2D eigenvalue weighted by Gasteiger charge is 2.09. The smallest absolute Gasteiger partial charge is 0.336 e. The maximum Gasteiger partial charge on any atom is 0.336 e. The van der Waals surface area contributed by atoms with Gasteiger partial charge in [-0.2, -0.15) is 0 Å². The molecule has 0 unspecified atom stereocenters. The number of rotatable bonds is 4. The van der Waals surface area contributed by atoms with Crippen molar-refractivity contribution in [2.75, 3.05) is 5.32 Å². The fraction of sp³-hybridized carbons (Fsp3) is 0.133. The summed E-state index contributed by atoms with van der Waals surface area (Å²) < 4.78 is 0. The van der Waals surface area contributed by atoms with Crippen LogP contribution < -0.4 is 5.32 Å². The maximum atomic E-state index is 11.0. The summed E-state index contributed by atoms with van der Waals surface area (Å²) in [6.45, 7) is 2.43. The second-order valence-corrected chi connectivity index (χ2v) is 4.70. The summed E-state index contributed by atoms with van der Waals surface area (Å²) in [5.74, 6) is -0.910. The summed E-state index contributed by atoms with van der Waals surface area (Å²) in [6, 6.07) is 12.7. The Morgan fingerprint density at radius 3 is 2.53 bits per heavy atom. The Morgan fingerprint density at radius 2 is 1.89 bits per heavy atom. The average Bonchev–Trinajstić information content (AvgIpc) is 2.39. The molecule has 0 aliphatic carbocycles. The molecule has 0 aliphatic rings. The van der Waals surface area contributed by atoms with Crippen LogP contribution in [-0.2, 0) is 6.54 Å². The summed E-state index contributed by atoms with van der Waals surface area (Å²) in [5, 5.41) is 13.0. The van der Waals surface area contributed by atoms with Crippen molar-refractivity contribution in [3.63, 3.8) is 0 Å². The number of nitrogens with one attached hydrogen (secondary N) is 1. The molecule has 0 aromatic heterocycles. The Bertz CT molecular complexity index is 594. The highest BCUT2D eigenvalue weighted by atomic mass is 35.5. The molecular weight excluding hydrogens is 262 g/mol. The third-order valence-electron chi connectivity index (χ3n) is 2.96. The average molecular weight is 276 g/mol. The first-order valence-corrected chi connectivity index (χ1v) is 6.27. The van der Waals surface area contributed by atoms with Crippen LogP contribution in [0.1, 0.15) is 21.5 Å². The van der Waals surface area contributed by atoms with E-state index in [1.807, 2.05) is 30.3 Å². The molecule has 0 spiro atoms. The molecule has 3 nitrogen and oxygen atoms in total. The largest absolute Gasteiger partial charge is 0.478 e. The molecule has 98 valence electrons. The molecular formula is C15H14ClNO2. The lowest BCUT2D eigenvalue weighted by molar-refractivity contribution is 0.0696. The van der Waals surface area contributed by atoms with E-state index in [1.165, 1.54) is 0 Å². The fourth-order valence-electron chi connectivity index (χ4n) is 1.86. The number of aromatic carboxylic acids is 1. The number of anilines is 1. The zero-order valence-corrected chi connectivity index (χ0v) is 11.2. The minimum Gasteiger partial charge on any atom is -0.478 e. The molecule has 0 radical (unpaired) electrons. The Kier molecular flexibility index (Phi) is 4.07. The van der Waals surface area contributed by atoms with E-state index >= 15 is 0 Å². The van der Waals surface area contributed by atoms with E-state index in [-0.39, 0.29) is 0 Å². The number of hydrogen-bond donors (Lipinski definition) is 2. The third kappa shape index (κ3) is 3.26. The maximum absolute atomic E-state index is 11.0. The Hall–Kier alpha value is -2.00. The van der Waals surface area contributed by atoms with Crippen LogP contribution in [0, 0.1) is 6.92 Å². The Balaban J connectivity index is 2.13. The van der Waals surface area contributed by atoms with Gasteiger partial charge in [0.25, 0.3) is 0 Å². The van der Waals surface area contributed by atoms with Gasteiger partial charge in [0.15, 0.2) is 0 Å². The molecule has 2 rings (SSSR count). The lowest BCUT2D eigenvalue weighted by atomic mass is 10.1. The van der Waals surface area contributed by atoms with E-state index in [4.69, 9.17) is 16.7 Å². The van der Waals surface area contributed by atoms with Crippen LogP contribution in [0.5, 0.6) is 0 Å². The van der Waals surface area contributed by atoms with Gasteiger partial charge in [0.05, 0.1) is 5.56 Å². The minimum atomic E-state index is -0.910. The van der Waals surface area contributed by atoms with Gasteiger partial charge in [0, 0.05) is 17.3 Å². The number of halogens is 1. The van der Waals surface area contributed by atoms with Gasteiger partial charge >= 0.3 is 5.97 Å². The molecule has 0 amide bonds. The molecule has 0 saturated heterocycles. The van der Waals surface area contributed by atoms with Crippen molar-refractivity contribution in [2.45, 2.75) is 13.5 Å². The third-order valence-corrected chi connectivity index (χ3v) is 3.21. The van der Waals surface area contributed by atoms with E-state index in [0.29, 0.717) is 17.1 Å². The molecule has 0 fully saturated rings. The van der Waals surface area contributed by atoms with Crippen molar-refractivity contribution in [2.24, 2.45) is 0 Å². The minimum absolute atomic E-state index is 0.320. The quantitative estimate of drug-likeness (QED) is 0.888. The number of carbonyl (C=O) groups is 1. The van der Waals surface area contributed by atoms with Crippen molar-refractivity contribution in [1.82, 2.24) is 0 Å². The predicted octanol–water partition coefficient (Wildman–Crippen LogP) is 3.96. The van der Waals surface area contributed by atoms with Crippen LogP contribution in [0.2, 0.25) is 5.02 Å². The monoisotopic (exact) mass is 275 g/mol. The van der Waals surface area contributed by atoms with E-state index in [1.54, 1.807) is 19.1 Å². The Morgan fingerprint density at radius 1 is 1.21 bits per heavy atom. The zero-order valence-electron chi connectivity index (χ0n) is 10.5. The number of benzene rings is 2. The molecule has 19 heavy (non-hydrogen) atoms. The highest BCUT2D eigenvalue weighted by molar-refractivity contribution is 6.30. The van der Waals surface area contributed by atoms with E-state index in [0.717, 1.165) is 16.8 Å². The standard InChI is InChI=1S/C15H14ClNO2/c1-10-13(15(18)19)3-2-4-14(10)17-9-11-5-7-12(16)8-6-11/h2-8,17H,9H2,1H3,(H,18,19). The first kappa shape index (κ1) is 13.4. The summed E-state index contributed by atoms with van der Waals surface area (Å²) >= 11 is 5.82. The van der Waals surface area contributed by atoms with Gasteiger partial charge < -0.3 is 10.4 Å². The molecule has 0 saturated carbocycles. The molecule has 0 aliphatic heterocycles. The van der Waals surface area contributed by atoms with Crippen LogP contribution >= 0.6 is 11.6 Å².